The molecule has 0 bridgehead atoms. The first-order valence-electron chi connectivity index (χ1n) is 6.28. The van der Waals surface area contributed by atoms with Crippen LogP contribution in [0.2, 0.25) is 0 Å². The van der Waals surface area contributed by atoms with Gasteiger partial charge in [0.15, 0.2) is 5.90 Å². The molecule has 1 N–H and O–H groups in total. The van der Waals surface area contributed by atoms with E-state index < -0.39 is 0 Å². The van der Waals surface area contributed by atoms with E-state index in [1.54, 1.807) is 7.11 Å². The number of nitrogens with zero attached hydrogens (tertiary/aromatic N) is 1. The molecule has 0 amide bonds. The monoisotopic (exact) mass is 232 g/mol. The van der Waals surface area contributed by atoms with Gasteiger partial charge in [0.2, 0.25) is 0 Å². The van der Waals surface area contributed by atoms with E-state index in [4.69, 9.17) is 4.74 Å². The van der Waals surface area contributed by atoms with Crippen molar-refractivity contribution in [2.75, 3.05) is 20.2 Å². The number of methoxy groups -OCH3 is 1. The van der Waals surface area contributed by atoms with Crippen LogP contribution in [0.15, 0.2) is 23.2 Å². The third-order valence-corrected chi connectivity index (χ3v) is 3.05. The Hall–Kier alpha value is -1.35. The lowest BCUT2D eigenvalue weighted by atomic mass is 10.0. The number of nitrogens with one attached hydrogen (secondary N) is 1. The molecule has 0 aliphatic carbocycles. The average molecular weight is 232 g/mol. The van der Waals surface area contributed by atoms with E-state index >= 15 is 0 Å². The van der Waals surface area contributed by atoms with Gasteiger partial charge >= 0.3 is 0 Å². The number of ether oxygens (including phenoxy) is 1. The Morgan fingerprint density at radius 1 is 1.35 bits per heavy atom. The molecule has 3 heteroatoms. The molecule has 1 aliphatic rings. The molecule has 1 aliphatic heterocycles. The van der Waals surface area contributed by atoms with Crippen LogP contribution >= 0.6 is 0 Å². The molecule has 1 heterocycles. The van der Waals surface area contributed by atoms with Crippen LogP contribution in [0.1, 0.15) is 24.5 Å². The SMILES string of the molecule is CCCNCCc1cccc2c1CC(OC)=N2. The minimum absolute atomic E-state index is 0.828. The topological polar surface area (TPSA) is 33.6 Å². The van der Waals surface area contributed by atoms with Crippen molar-refractivity contribution in [1.82, 2.24) is 5.32 Å². The number of benzene rings is 1. The van der Waals surface area contributed by atoms with E-state index in [0.29, 0.717) is 0 Å². The van der Waals surface area contributed by atoms with Gasteiger partial charge in [-0.3, -0.25) is 0 Å². The average Bonchev–Trinajstić information content (AvgIpc) is 2.78. The van der Waals surface area contributed by atoms with Gasteiger partial charge in [-0.2, -0.15) is 0 Å². The zero-order valence-corrected chi connectivity index (χ0v) is 10.6. The van der Waals surface area contributed by atoms with Gasteiger partial charge in [-0.15, -0.1) is 0 Å². The summed E-state index contributed by atoms with van der Waals surface area (Å²) >= 11 is 0. The van der Waals surface area contributed by atoms with Crippen molar-refractivity contribution in [1.29, 1.82) is 0 Å². The Morgan fingerprint density at radius 2 is 2.24 bits per heavy atom. The molecule has 0 radical (unpaired) electrons. The molecule has 3 nitrogen and oxygen atoms in total. The summed E-state index contributed by atoms with van der Waals surface area (Å²) in [6, 6.07) is 6.33. The van der Waals surface area contributed by atoms with Crippen LogP contribution < -0.4 is 5.32 Å². The summed E-state index contributed by atoms with van der Waals surface area (Å²) in [5.74, 6) is 0.828. The van der Waals surface area contributed by atoms with Crippen molar-refractivity contribution in [3.63, 3.8) is 0 Å². The summed E-state index contributed by atoms with van der Waals surface area (Å²) in [6.07, 6.45) is 3.09. The van der Waals surface area contributed by atoms with Gasteiger partial charge in [-0.05, 0) is 43.1 Å². The van der Waals surface area contributed by atoms with Crippen LogP contribution in [-0.4, -0.2) is 26.1 Å². The van der Waals surface area contributed by atoms with Crippen molar-refractivity contribution in [2.45, 2.75) is 26.2 Å². The van der Waals surface area contributed by atoms with Gasteiger partial charge in [0, 0.05) is 0 Å². The highest BCUT2D eigenvalue weighted by Crippen LogP contribution is 2.29. The first kappa shape index (κ1) is 12.1. The zero-order chi connectivity index (χ0) is 12.1. The highest BCUT2D eigenvalue weighted by atomic mass is 16.5. The Kier molecular flexibility index (Phi) is 4.15. The van der Waals surface area contributed by atoms with Gasteiger partial charge in [0.25, 0.3) is 0 Å². The third kappa shape index (κ3) is 2.86. The summed E-state index contributed by atoms with van der Waals surface area (Å²) in [6.45, 7) is 4.31. The van der Waals surface area contributed by atoms with Gasteiger partial charge in [-0.25, -0.2) is 4.99 Å². The van der Waals surface area contributed by atoms with Crippen LogP contribution in [-0.2, 0) is 17.6 Å². The van der Waals surface area contributed by atoms with Crippen molar-refractivity contribution in [3.8, 4) is 0 Å². The smallest absolute Gasteiger partial charge is 0.192 e. The van der Waals surface area contributed by atoms with Crippen molar-refractivity contribution in [2.24, 2.45) is 4.99 Å². The molecular weight excluding hydrogens is 212 g/mol. The van der Waals surface area contributed by atoms with E-state index in [1.165, 1.54) is 17.5 Å². The highest BCUT2D eigenvalue weighted by molar-refractivity contribution is 5.88. The summed E-state index contributed by atoms with van der Waals surface area (Å²) < 4.78 is 5.23. The lowest BCUT2D eigenvalue weighted by molar-refractivity contribution is 0.396. The maximum Gasteiger partial charge on any atom is 0.192 e. The van der Waals surface area contributed by atoms with Crippen LogP contribution in [0.25, 0.3) is 0 Å². The van der Waals surface area contributed by atoms with E-state index in [-0.39, 0.29) is 0 Å². The first-order valence-corrected chi connectivity index (χ1v) is 6.28. The third-order valence-electron chi connectivity index (χ3n) is 3.05. The number of fused-ring (bicyclic) bond motifs is 1. The van der Waals surface area contributed by atoms with Crippen molar-refractivity contribution in [3.05, 3.63) is 29.3 Å². The number of hydrogen-bond donors (Lipinski definition) is 1. The summed E-state index contributed by atoms with van der Waals surface area (Å²) in [4.78, 5) is 4.45. The van der Waals surface area contributed by atoms with Gasteiger partial charge in [0.1, 0.15) is 0 Å². The Morgan fingerprint density at radius 3 is 3.00 bits per heavy atom. The molecule has 92 valence electrons. The fraction of sp³-hybridized carbons (Fsp3) is 0.500. The van der Waals surface area contributed by atoms with Crippen LogP contribution in [0.5, 0.6) is 0 Å². The second kappa shape index (κ2) is 5.82. The van der Waals surface area contributed by atoms with Crippen LogP contribution in [0.4, 0.5) is 5.69 Å². The molecule has 0 atom stereocenters. The summed E-state index contributed by atoms with van der Waals surface area (Å²) in [7, 11) is 1.69. The molecule has 17 heavy (non-hydrogen) atoms. The molecule has 1 aromatic rings. The first-order chi connectivity index (χ1) is 8.35. The van der Waals surface area contributed by atoms with Crippen molar-refractivity contribution < 1.29 is 4.74 Å². The number of aliphatic imine (C=N–C) groups is 1. The van der Waals surface area contributed by atoms with Gasteiger partial charge in [-0.1, -0.05) is 19.1 Å². The van der Waals surface area contributed by atoms with E-state index in [9.17, 15) is 0 Å². The van der Waals surface area contributed by atoms with Crippen molar-refractivity contribution >= 4 is 11.6 Å². The maximum absolute atomic E-state index is 5.23. The van der Waals surface area contributed by atoms with E-state index in [1.807, 2.05) is 0 Å². The largest absolute Gasteiger partial charge is 0.484 e. The van der Waals surface area contributed by atoms with Gasteiger partial charge < -0.3 is 10.1 Å². The predicted molar refractivity (Wildman–Crippen MR) is 71.1 cm³/mol. The second-order valence-corrected chi connectivity index (χ2v) is 4.30. The molecule has 0 aromatic heterocycles. The minimum Gasteiger partial charge on any atom is -0.484 e. The van der Waals surface area contributed by atoms with E-state index in [0.717, 1.165) is 37.5 Å². The minimum atomic E-state index is 0.828. The predicted octanol–water partition coefficient (Wildman–Crippen LogP) is 2.46. The highest BCUT2D eigenvalue weighted by Gasteiger charge is 2.17. The molecule has 0 spiro atoms. The zero-order valence-electron chi connectivity index (χ0n) is 10.6. The standard InChI is InChI=1S/C14H20N2O/c1-3-8-15-9-7-11-5-4-6-13-12(11)10-14(16-13)17-2/h4-6,15H,3,7-10H2,1-2H3. The Labute approximate surface area is 103 Å². The normalized spacial score (nSPS) is 13.4. The molecule has 0 saturated heterocycles. The summed E-state index contributed by atoms with van der Waals surface area (Å²) in [5.41, 5.74) is 3.80. The number of hydrogen-bond acceptors (Lipinski definition) is 3. The fourth-order valence-electron chi connectivity index (χ4n) is 2.13. The quantitative estimate of drug-likeness (QED) is 0.791. The number of rotatable bonds is 5. The second-order valence-electron chi connectivity index (χ2n) is 4.30. The molecular formula is C14H20N2O. The lowest BCUT2D eigenvalue weighted by Crippen LogP contribution is -2.18. The summed E-state index contributed by atoms with van der Waals surface area (Å²) in [5, 5.41) is 3.43. The Bertz CT molecular complexity index is 413. The lowest BCUT2D eigenvalue weighted by Gasteiger charge is -2.08. The van der Waals surface area contributed by atoms with Crippen LogP contribution in [0, 0.1) is 0 Å². The molecule has 1 aromatic carbocycles. The molecule has 0 unspecified atom stereocenters. The van der Waals surface area contributed by atoms with E-state index in [2.05, 4.69) is 35.4 Å². The Balaban J connectivity index is 2.00. The molecule has 0 fully saturated rings. The van der Waals surface area contributed by atoms with Gasteiger partial charge in [0.05, 0.1) is 19.2 Å². The maximum atomic E-state index is 5.23. The van der Waals surface area contributed by atoms with Crippen LogP contribution in [0.3, 0.4) is 0 Å². The molecule has 2 rings (SSSR count). The fourth-order valence-corrected chi connectivity index (χ4v) is 2.13. The molecule has 0 saturated carbocycles.